The summed E-state index contributed by atoms with van der Waals surface area (Å²) >= 11 is 0. The van der Waals surface area contributed by atoms with E-state index in [1.54, 1.807) is 18.2 Å². The van der Waals surface area contributed by atoms with Crippen molar-refractivity contribution in [2.75, 3.05) is 18.0 Å². The topological polar surface area (TPSA) is 128 Å². The second kappa shape index (κ2) is 7.90. The van der Waals surface area contributed by atoms with Crippen LogP contribution in [0.25, 0.3) is 11.4 Å². The van der Waals surface area contributed by atoms with Gasteiger partial charge < -0.3 is 15.2 Å². The zero-order valence-corrected chi connectivity index (χ0v) is 15.8. The molecule has 154 valence electrons. The van der Waals surface area contributed by atoms with E-state index in [4.69, 9.17) is 10.3 Å². The second-order valence-electron chi connectivity index (χ2n) is 7.07. The number of amides is 1. The van der Waals surface area contributed by atoms with E-state index in [-0.39, 0.29) is 23.0 Å². The molecule has 10 heteroatoms. The van der Waals surface area contributed by atoms with Crippen LogP contribution in [0.3, 0.4) is 0 Å². The summed E-state index contributed by atoms with van der Waals surface area (Å²) in [5.41, 5.74) is 6.20. The fraction of sp³-hybridized carbons (Fsp3) is 0.250. The van der Waals surface area contributed by atoms with E-state index in [1.807, 2.05) is 4.90 Å². The van der Waals surface area contributed by atoms with Gasteiger partial charge in [0.25, 0.3) is 5.69 Å². The first-order valence-corrected chi connectivity index (χ1v) is 9.35. The van der Waals surface area contributed by atoms with Gasteiger partial charge in [-0.05, 0) is 49.2 Å². The molecule has 1 fully saturated rings. The van der Waals surface area contributed by atoms with Gasteiger partial charge in [0.1, 0.15) is 11.5 Å². The molecule has 0 radical (unpaired) electrons. The normalized spacial score (nSPS) is 16.4. The Labute approximate surface area is 170 Å². The monoisotopic (exact) mass is 411 g/mol. The first kappa shape index (κ1) is 19.5. The van der Waals surface area contributed by atoms with Gasteiger partial charge in [-0.25, -0.2) is 4.39 Å². The van der Waals surface area contributed by atoms with Gasteiger partial charge in [-0.15, -0.1) is 0 Å². The molecule has 0 bridgehead atoms. The van der Waals surface area contributed by atoms with Crippen LogP contribution < -0.4 is 10.6 Å². The fourth-order valence-corrected chi connectivity index (χ4v) is 3.61. The Morgan fingerprint density at radius 1 is 1.27 bits per heavy atom. The van der Waals surface area contributed by atoms with Gasteiger partial charge in [-0.1, -0.05) is 5.16 Å². The minimum absolute atomic E-state index is 0.0832. The van der Waals surface area contributed by atoms with Crippen molar-refractivity contribution in [1.82, 2.24) is 10.1 Å². The molecule has 1 aromatic heterocycles. The predicted octanol–water partition coefficient (Wildman–Crippen LogP) is 3.27. The molecule has 2 N–H and O–H groups in total. The third kappa shape index (κ3) is 3.84. The maximum atomic E-state index is 13.1. The zero-order valence-electron chi connectivity index (χ0n) is 15.8. The molecule has 1 unspecified atom stereocenters. The number of piperidine rings is 1. The van der Waals surface area contributed by atoms with Crippen molar-refractivity contribution < 1.29 is 18.6 Å². The minimum Gasteiger partial charge on any atom is -0.366 e. The van der Waals surface area contributed by atoms with Crippen LogP contribution >= 0.6 is 0 Å². The Kier molecular flexibility index (Phi) is 5.13. The first-order valence-electron chi connectivity index (χ1n) is 9.35. The van der Waals surface area contributed by atoms with Gasteiger partial charge in [0.2, 0.25) is 17.6 Å². The molecule has 2 heterocycles. The van der Waals surface area contributed by atoms with Crippen LogP contribution in [0.15, 0.2) is 47.0 Å². The van der Waals surface area contributed by atoms with Crippen LogP contribution in [0.5, 0.6) is 0 Å². The summed E-state index contributed by atoms with van der Waals surface area (Å²) in [4.78, 5) is 28.7. The lowest BCUT2D eigenvalue weighted by Crippen LogP contribution is -2.35. The average Bonchev–Trinajstić information content (AvgIpc) is 3.24. The molecule has 1 aliphatic rings. The van der Waals surface area contributed by atoms with Gasteiger partial charge in [0.05, 0.1) is 10.8 Å². The number of aromatic nitrogens is 2. The molecular formula is C20H18FN5O4. The maximum absolute atomic E-state index is 13.1. The van der Waals surface area contributed by atoms with Crippen LogP contribution in [-0.4, -0.2) is 34.1 Å². The summed E-state index contributed by atoms with van der Waals surface area (Å²) in [5, 5.41) is 15.5. The number of halogens is 1. The van der Waals surface area contributed by atoms with Crippen molar-refractivity contribution in [1.29, 1.82) is 0 Å². The summed E-state index contributed by atoms with van der Waals surface area (Å²) in [5.74, 6) is -0.403. The number of benzene rings is 2. The molecule has 3 aromatic rings. The highest BCUT2D eigenvalue weighted by atomic mass is 19.1. The Morgan fingerprint density at radius 2 is 2.03 bits per heavy atom. The fourth-order valence-electron chi connectivity index (χ4n) is 3.61. The molecule has 4 rings (SSSR count). The van der Waals surface area contributed by atoms with E-state index < -0.39 is 10.8 Å². The van der Waals surface area contributed by atoms with E-state index >= 15 is 0 Å². The number of nitro benzene ring substituents is 1. The molecule has 1 amide bonds. The lowest BCUT2D eigenvalue weighted by atomic mass is 9.97. The minimum atomic E-state index is -0.722. The summed E-state index contributed by atoms with van der Waals surface area (Å²) in [7, 11) is 0. The molecule has 1 saturated heterocycles. The molecule has 30 heavy (non-hydrogen) atoms. The predicted molar refractivity (Wildman–Crippen MR) is 105 cm³/mol. The van der Waals surface area contributed by atoms with E-state index in [1.165, 1.54) is 24.3 Å². The largest absolute Gasteiger partial charge is 0.366 e. The second-order valence-corrected chi connectivity index (χ2v) is 7.07. The molecule has 2 aromatic carbocycles. The number of carbonyl (C=O) groups excluding carboxylic acids is 1. The van der Waals surface area contributed by atoms with Crippen molar-refractivity contribution >= 4 is 17.3 Å². The van der Waals surface area contributed by atoms with Crippen LogP contribution in [0, 0.1) is 15.9 Å². The number of primary amides is 1. The third-order valence-electron chi connectivity index (χ3n) is 5.11. The van der Waals surface area contributed by atoms with Gasteiger partial charge in [-0.2, -0.15) is 4.98 Å². The van der Waals surface area contributed by atoms with Crippen molar-refractivity contribution in [2.45, 2.75) is 18.8 Å². The number of nitrogens with zero attached hydrogens (tertiary/aromatic N) is 4. The zero-order chi connectivity index (χ0) is 21.3. The first-order chi connectivity index (χ1) is 14.4. The summed E-state index contributed by atoms with van der Waals surface area (Å²) in [6, 6.07) is 10.00. The third-order valence-corrected chi connectivity index (χ3v) is 5.11. The number of nitro groups is 1. The van der Waals surface area contributed by atoms with Crippen LogP contribution in [0.1, 0.15) is 35.0 Å². The van der Waals surface area contributed by atoms with Crippen LogP contribution in [0.2, 0.25) is 0 Å². The van der Waals surface area contributed by atoms with Gasteiger partial charge >= 0.3 is 0 Å². The molecule has 0 spiro atoms. The highest BCUT2D eigenvalue weighted by molar-refractivity contribution is 5.94. The molecule has 0 saturated carbocycles. The number of nitrogens with two attached hydrogens (primary N) is 1. The standard InChI is InChI=1S/C20H18FN5O4/c21-15-6-3-12(4-7-15)19-23-20(30-24-19)14-2-1-9-25(11-14)16-8-5-13(18(22)27)10-17(16)26(28)29/h3-8,10,14H,1-2,9,11H2,(H2,22,27). The molecular weight excluding hydrogens is 393 g/mol. The van der Waals surface area contributed by atoms with E-state index in [2.05, 4.69) is 10.1 Å². The smallest absolute Gasteiger partial charge is 0.293 e. The van der Waals surface area contributed by atoms with E-state index in [9.17, 15) is 19.3 Å². The van der Waals surface area contributed by atoms with E-state index in [0.29, 0.717) is 36.1 Å². The number of rotatable bonds is 5. The summed E-state index contributed by atoms with van der Waals surface area (Å²) in [6.45, 7) is 1.06. The molecule has 1 atom stereocenters. The number of hydrogen-bond donors (Lipinski definition) is 1. The van der Waals surface area contributed by atoms with Crippen molar-refractivity contribution in [3.8, 4) is 11.4 Å². The highest BCUT2D eigenvalue weighted by Gasteiger charge is 2.30. The highest BCUT2D eigenvalue weighted by Crippen LogP contribution is 2.35. The Balaban J connectivity index is 1.58. The lowest BCUT2D eigenvalue weighted by Gasteiger charge is -2.32. The molecule has 1 aliphatic heterocycles. The van der Waals surface area contributed by atoms with Crippen molar-refractivity contribution in [3.63, 3.8) is 0 Å². The van der Waals surface area contributed by atoms with Gasteiger partial charge in [0, 0.05) is 30.3 Å². The summed E-state index contributed by atoms with van der Waals surface area (Å²) < 4.78 is 18.5. The Hall–Kier alpha value is -3.82. The average molecular weight is 411 g/mol. The SMILES string of the molecule is NC(=O)c1ccc(N2CCCC(c3nc(-c4ccc(F)cc4)no3)C2)c([N+](=O)[O-])c1. The van der Waals surface area contributed by atoms with Gasteiger partial charge in [0.15, 0.2) is 0 Å². The number of anilines is 1. The summed E-state index contributed by atoms with van der Waals surface area (Å²) in [6.07, 6.45) is 1.56. The van der Waals surface area contributed by atoms with Crippen LogP contribution in [-0.2, 0) is 0 Å². The van der Waals surface area contributed by atoms with Crippen molar-refractivity contribution in [2.24, 2.45) is 5.73 Å². The quantitative estimate of drug-likeness (QED) is 0.504. The van der Waals surface area contributed by atoms with Gasteiger partial charge in [-0.3, -0.25) is 14.9 Å². The van der Waals surface area contributed by atoms with Crippen molar-refractivity contribution in [3.05, 3.63) is 69.9 Å². The molecule has 9 nitrogen and oxygen atoms in total. The number of carbonyl (C=O) groups is 1. The Bertz CT molecular complexity index is 1100. The van der Waals surface area contributed by atoms with Crippen LogP contribution in [0.4, 0.5) is 15.8 Å². The Morgan fingerprint density at radius 3 is 2.73 bits per heavy atom. The lowest BCUT2D eigenvalue weighted by molar-refractivity contribution is -0.384. The molecule has 0 aliphatic carbocycles. The maximum Gasteiger partial charge on any atom is 0.293 e. The van der Waals surface area contributed by atoms with E-state index in [0.717, 1.165) is 12.8 Å². The number of hydrogen-bond acceptors (Lipinski definition) is 7.